The molecule has 2 saturated heterocycles. The number of carbonyl (C=O) groups is 1. The van der Waals surface area contributed by atoms with E-state index in [0.717, 1.165) is 38.8 Å². The van der Waals surface area contributed by atoms with Crippen LogP contribution >= 0.6 is 0 Å². The molecule has 0 spiro atoms. The van der Waals surface area contributed by atoms with E-state index in [9.17, 15) is 13.2 Å². The van der Waals surface area contributed by atoms with E-state index in [0.29, 0.717) is 18.8 Å². The van der Waals surface area contributed by atoms with Gasteiger partial charge in [-0.1, -0.05) is 0 Å². The van der Waals surface area contributed by atoms with Crippen molar-refractivity contribution in [2.45, 2.75) is 37.8 Å². The summed E-state index contributed by atoms with van der Waals surface area (Å²) < 4.78 is 26.8. The Morgan fingerprint density at radius 2 is 2.25 bits per heavy atom. The summed E-state index contributed by atoms with van der Waals surface area (Å²) in [6.07, 6.45) is 6.82. The Morgan fingerprint density at radius 1 is 1.42 bits per heavy atom. The maximum atomic E-state index is 12.3. The number of carbonyl (C=O) groups excluding carboxylic acids is 1. The lowest BCUT2D eigenvalue weighted by Crippen LogP contribution is -2.42. The number of nitrogens with one attached hydrogen (secondary N) is 2. The van der Waals surface area contributed by atoms with Crippen molar-refractivity contribution in [3.05, 3.63) is 18.0 Å². The van der Waals surface area contributed by atoms with Gasteiger partial charge in [0, 0.05) is 31.9 Å². The second-order valence-electron chi connectivity index (χ2n) is 6.56. The number of sulfonamides is 1. The van der Waals surface area contributed by atoms with Crippen LogP contribution in [0.15, 0.2) is 12.3 Å². The van der Waals surface area contributed by atoms with Crippen molar-refractivity contribution >= 4 is 15.9 Å². The van der Waals surface area contributed by atoms with Gasteiger partial charge in [-0.3, -0.25) is 9.48 Å². The van der Waals surface area contributed by atoms with Gasteiger partial charge in [0.2, 0.25) is 10.0 Å². The number of amides is 1. The third-order valence-electron chi connectivity index (χ3n) is 4.73. The first-order valence-corrected chi connectivity index (χ1v) is 10.3. The minimum atomic E-state index is -3.22. The Kier molecular flexibility index (Phi) is 5.21. The highest BCUT2D eigenvalue weighted by atomic mass is 32.2. The zero-order valence-corrected chi connectivity index (χ0v) is 14.8. The first-order chi connectivity index (χ1) is 11.4. The Morgan fingerprint density at radius 3 is 2.96 bits per heavy atom. The minimum absolute atomic E-state index is 0.159. The van der Waals surface area contributed by atoms with Gasteiger partial charge in [-0.2, -0.15) is 9.40 Å². The van der Waals surface area contributed by atoms with Crippen molar-refractivity contribution < 1.29 is 13.2 Å². The molecule has 2 fully saturated rings. The SMILES string of the molecule is CS(=O)(=O)N1CCC[C@@H]1CNC(=O)c1ccn(C2CCCNC2)n1. The summed E-state index contributed by atoms with van der Waals surface area (Å²) in [6.45, 7) is 2.75. The quantitative estimate of drug-likeness (QED) is 0.773. The van der Waals surface area contributed by atoms with Gasteiger partial charge < -0.3 is 10.6 Å². The first-order valence-electron chi connectivity index (χ1n) is 8.46. The van der Waals surface area contributed by atoms with Crippen LogP contribution in [0.3, 0.4) is 0 Å². The minimum Gasteiger partial charge on any atom is -0.349 e. The zero-order chi connectivity index (χ0) is 17.2. The average Bonchev–Trinajstić information content (AvgIpc) is 3.22. The summed E-state index contributed by atoms with van der Waals surface area (Å²) in [6, 6.07) is 1.84. The van der Waals surface area contributed by atoms with Gasteiger partial charge in [-0.15, -0.1) is 0 Å². The van der Waals surface area contributed by atoms with Crippen molar-refractivity contribution in [2.75, 3.05) is 32.4 Å². The molecule has 8 nitrogen and oxygen atoms in total. The maximum Gasteiger partial charge on any atom is 0.271 e. The lowest BCUT2D eigenvalue weighted by atomic mass is 10.1. The molecule has 9 heteroatoms. The summed E-state index contributed by atoms with van der Waals surface area (Å²) in [5.74, 6) is -0.252. The normalized spacial score (nSPS) is 25.7. The lowest BCUT2D eigenvalue weighted by Gasteiger charge is -2.23. The molecule has 0 bridgehead atoms. The largest absolute Gasteiger partial charge is 0.349 e. The molecule has 1 aromatic heterocycles. The fourth-order valence-corrected chi connectivity index (χ4v) is 4.65. The number of nitrogens with zero attached hydrogens (tertiary/aromatic N) is 3. The lowest BCUT2D eigenvalue weighted by molar-refractivity contribution is 0.0940. The number of hydrogen-bond acceptors (Lipinski definition) is 5. The van der Waals surface area contributed by atoms with Crippen molar-refractivity contribution in [2.24, 2.45) is 0 Å². The number of aromatic nitrogens is 2. The molecule has 2 aliphatic heterocycles. The average molecular weight is 355 g/mol. The highest BCUT2D eigenvalue weighted by Gasteiger charge is 2.31. The highest BCUT2D eigenvalue weighted by Crippen LogP contribution is 2.20. The van der Waals surface area contributed by atoms with E-state index >= 15 is 0 Å². The van der Waals surface area contributed by atoms with Gasteiger partial charge in [0.1, 0.15) is 5.69 Å². The van der Waals surface area contributed by atoms with E-state index in [2.05, 4.69) is 15.7 Å². The third-order valence-corrected chi connectivity index (χ3v) is 6.07. The molecule has 0 radical (unpaired) electrons. The third kappa shape index (κ3) is 3.96. The highest BCUT2D eigenvalue weighted by molar-refractivity contribution is 7.88. The van der Waals surface area contributed by atoms with Gasteiger partial charge in [0.25, 0.3) is 5.91 Å². The van der Waals surface area contributed by atoms with Crippen LogP contribution in [0.2, 0.25) is 0 Å². The van der Waals surface area contributed by atoms with Crippen LogP contribution in [0.1, 0.15) is 42.2 Å². The van der Waals surface area contributed by atoms with Gasteiger partial charge >= 0.3 is 0 Å². The van der Waals surface area contributed by atoms with Gasteiger partial charge in [-0.05, 0) is 38.3 Å². The second kappa shape index (κ2) is 7.20. The molecule has 1 aromatic rings. The monoisotopic (exact) mass is 355 g/mol. The number of piperidine rings is 1. The van der Waals surface area contributed by atoms with Crippen LogP contribution < -0.4 is 10.6 Å². The Bertz CT molecular complexity index is 681. The van der Waals surface area contributed by atoms with Gasteiger partial charge in [-0.25, -0.2) is 8.42 Å². The molecule has 0 aromatic carbocycles. The van der Waals surface area contributed by atoms with E-state index in [1.165, 1.54) is 10.6 Å². The molecular formula is C15H25N5O3S. The summed E-state index contributed by atoms with van der Waals surface area (Å²) in [4.78, 5) is 12.3. The molecule has 0 saturated carbocycles. The van der Waals surface area contributed by atoms with Crippen LogP contribution in [0.4, 0.5) is 0 Å². The van der Waals surface area contributed by atoms with Crippen LogP contribution in [0.5, 0.6) is 0 Å². The molecule has 2 N–H and O–H groups in total. The van der Waals surface area contributed by atoms with Gasteiger partial charge in [0.05, 0.1) is 12.3 Å². The molecule has 2 aliphatic rings. The first kappa shape index (κ1) is 17.4. The fraction of sp³-hybridized carbons (Fsp3) is 0.733. The maximum absolute atomic E-state index is 12.3. The Balaban J connectivity index is 1.56. The van der Waals surface area contributed by atoms with E-state index in [1.54, 1.807) is 6.07 Å². The van der Waals surface area contributed by atoms with Crippen molar-refractivity contribution in [1.29, 1.82) is 0 Å². The molecule has 2 atom stereocenters. The standard InChI is InChI=1S/C15H25N5O3S/c1-24(22,23)20-8-3-5-13(20)11-17-15(21)14-6-9-19(18-14)12-4-2-7-16-10-12/h6,9,12-13,16H,2-5,7-8,10-11H2,1H3,(H,17,21)/t12?,13-/m1/s1. The molecule has 1 amide bonds. The molecule has 24 heavy (non-hydrogen) atoms. The van der Waals surface area contributed by atoms with Crippen LogP contribution in [-0.4, -0.2) is 66.9 Å². The molecule has 1 unspecified atom stereocenters. The van der Waals surface area contributed by atoms with Crippen LogP contribution in [0, 0.1) is 0 Å². The smallest absolute Gasteiger partial charge is 0.271 e. The summed E-state index contributed by atoms with van der Waals surface area (Å²) in [5, 5.41) is 10.5. The van der Waals surface area contributed by atoms with E-state index in [1.807, 2.05) is 10.9 Å². The number of hydrogen-bond donors (Lipinski definition) is 2. The predicted molar refractivity (Wildman–Crippen MR) is 90.3 cm³/mol. The summed E-state index contributed by atoms with van der Waals surface area (Å²) in [5.41, 5.74) is 0.379. The fourth-order valence-electron chi connectivity index (χ4n) is 3.47. The topological polar surface area (TPSA) is 96.3 Å². The molecule has 134 valence electrons. The number of rotatable bonds is 5. The van der Waals surface area contributed by atoms with E-state index < -0.39 is 10.0 Å². The molecule has 3 rings (SSSR count). The van der Waals surface area contributed by atoms with Crippen LogP contribution in [0.25, 0.3) is 0 Å². The Hall–Kier alpha value is -1.45. The van der Waals surface area contributed by atoms with E-state index in [4.69, 9.17) is 0 Å². The molecule has 0 aliphatic carbocycles. The van der Waals surface area contributed by atoms with Crippen molar-refractivity contribution in [1.82, 2.24) is 24.7 Å². The summed E-state index contributed by atoms with van der Waals surface area (Å²) in [7, 11) is -3.22. The van der Waals surface area contributed by atoms with Crippen molar-refractivity contribution in [3.8, 4) is 0 Å². The predicted octanol–water partition coefficient (Wildman–Crippen LogP) is -0.0386. The second-order valence-corrected chi connectivity index (χ2v) is 8.50. The van der Waals surface area contributed by atoms with Crippen molar-refractivity contribution in [3.63, 3.8) is 0 Å². The zero-order valence-electron chi connectivity index (χ0n) is 13.9. The van der Waals surface area contributed by atoms with Crippen LogP contribution in [-0.2, 0) is 10.0 Å². The van der Waals surface area contributed by atoms with E-state index in [-0.39, 0.29) is 18.0 Å². The van der Waals surface area contributed by atoms with Gasteiger partial charge in [0.15, 0.2) is 0 Å². The Labute approximate surface area is 142 Å². The molecular weight excluding hydrogens is 330 g/mol. The molecule has 3 heterocycles. The summed E-state index contributed by atoms with van der Waals surface area (Å²) >= 11 is 0.